The van der Waals surface area contributed by atoms with Gasteiger partial charge in [-0.2, -0.15) is 5.26 Å². The van der Waals surface area contributed by atoms with Crippen LogP contribution in [0.2, 0.25) is 0 Å². The number of pyridine rings is 1. The third kappa shape index (κ3) is 3.15. The molecule has 6 heteroatoms. The standard InChI is InChI=1S/C21H16N2O4/c22-10-17-19(15-8-9-26-12-15)16-2-1-3-18(16)23-20(17)27-11-13-4-6-14(7-5-13)21(24)25/h4-9,12H,1-3,11H2,(H,24,25). The van der Waals surface area contributed by atoms with Crippen molar-refractivity contribution < 1.29 is 19.1 Å². The Labute approximate surface area is 155 Å². The molecule has 134 valence electrons. The molecule has 0 unspecified atom stereocenters. The van der Waals surface area contributed by atoms with Gasteiger partial charge in [-0.1, -0.05) is 12.1 Å². The molecular weight excluding hydrogens is 344 g/mol. The van der Waals surface area contributed by atoms with Crippen LogP contribution >= 0.6 is 0 Å². The molecule has 0 saturated carbocycles. The first kappa shape index (κ1) is 16.9. The number of ether oxygens (including phenoxy) is 1. The molecule has 0 aliphatic heterocycles. The van der Waals surface area contributed by atoms with Crippen LogP contribution in [-0.4, -0.2) is 16.1 Å². The van der Waals surface area contributed by atoms with Gasteiger partial charge in [0.25, 0.3) is 0 Å². The van der Waals surface area contributed by atoms with Gasteiger partial charge in [0.2, 0.25) is 5.88 Å². The summed E-state index contributed by atoms with van der Waals surface area (Å²) in [6.45, 7) is 0.200. The van der Waals surface area contributed by atoms with Gasteiger partial charge in [0, 0.05) is 16.8 Å². The molecule has 1 aliphatic rings. The second-order valence-corrected chi connectivity index (χ2v) is 6.36. The Balaban J connectivity index is 1.68. The lowest BCUT2D eigenvalue weighted by atomic mass is 9.97. The van der Waals surface area contributed by atoms with Crippen LogP contribution in [0.3, 0.4) is 0 Å². The Morgan fingerprint density at radius 2 is 2.07 bits per heavy atom. The fraction of sp³-hybridized carbons (Fsp3) is 0.190. The Kier molecular flexibility index (Phi) is 4.35. The monoisotopic (exact) mass is 360 g/mol. The van der Waals surface area contributed by atoms with Crippen molar-refractivity contribution in [1.29, 1.82) is 5.26 Å². The fourth-order valence-corrected chi connectivity index (χ4v) is 3.39. The van der Waals surface area contributed by atoms with E-state index in [0.29, 0.717) is 11.4 Å². The summed E-state index contributed by atoms with van der Waals surface area (Å²) in [5, 5.41) is 18.7. The minimum atomic E-state index is -0.973. The number of nitriles is 1. The molecule has 2 heterocycles. The lowest BCUT2D eigenvalue weighted by Gasteiger charge is -2.14. The van der Waals surface area contributed by atoms with Crippen molar-refractivity contribution in [3.05, 3.63) is 70.8 Å². The summed E-state index contributed by atoms with van der Waals surface area (Å²) in [6.07, 6.45) is 5.95. The van der Waals surface area contributed by atoms with E-state index in [1.54, 1.807) is 24.7 Å². The zero-order chi connectivity index (χ0) is 18.8. The second-order valence-electron chi connectivity index (χ2n) is 6.36. The smallest absolute Gasteiger partial charge is 0.335 e. The average molecular weight is 360 g/mol. The zero-order valence-electron chi connectivity index (χ0n) is 14.4. The number of nitrogens with zero attached hydrogens (tertiary/aromatic N) is 2. The largest absolute Gasteiger partial charge is 0.478 e. The molecule has 0 fully saturated rings. The minimum absolute atomic E-state index is 0.200. The Morgan fingerprint density at radius 1 is 1.26 bits per heavy atom. The molecular formula is C21H16N2O4. The van der Waals surface area contributed by atoms with E-state index in [-0.39, 0.29) is 12.2 Å². The maximum atomic E-state index is 10.9. The molecule has 2 aromatic heterocycles. The van der Waals surface area contributed by atoms with E-state index >= 15 is 0 Å². The Morgan fingerprint density at radius 3 is 2.74 bits per heavy atom. The summed E-state index contributed by atoms with van der Waals surface area (Å²) in [5.41, 5.74) is 5.16. The van der Waals surface area contributed by atoms with Gasteiger partial charge in [-0.25, -0.2) is 9.78 Å². The molecule has 0 spiro atoms. The molecule has 0 bridgehead atoms. The third-order valence-corrected chi connectivity index (χ3v) is 4.69. The number of aromatic carboxylic acids is 1. The van der Waals surface area contributed by atoms with Crippen LogP contribution in [0.4, 0.5) is 0 Å². The normalized spacial score (nSPS) is 12.4. The highest BCUT2D eigenvalue weighted by molar-refractivity contribution is 5.87. The highest BCUT2D eigenvalue weighted by atomic mass is 16.5. The average Bonchev–Trinajstić information content (AvgIpc) is 3.37. The third-order valence-electron chi connectivity index (χ3n) is 4.69. The van der Waals surface area contributed by atoms with Crippen LogP contribution in [0.1, 0.15) is 39.2 Å². The summed E-state index contributed by atoms with van der Waals surface area (Å²) >= 11 is 0. The van der Waals surface area contributed by atoms with Crippen molar-refractivity contribution >= 4 is 5.97 Å². The van der Waals surface area contributed by atoms with E-state index in [2.05, 4.69) is 11.1 Å². The summed E-state index contributed by atoms with van der Waals surface area (Å²) in [4.78, 5) is 15.5. The quantitative estimate of drug-likeness (QED) is 0.739. The highest BCUT2D eigenvalue weighted by Crippen LogP contribution is 2.38. The molecule has 3 aromatic rings. The molecule has 0 amide bonds. The number of hydrogen-bond donors (Lipinski definition) is 1. The number of carboxylic acids is 1. The first-order valence-electron chi connectivity index (χ1n) is 8.61. The molecule has 0 radical (unpaired) electrons. The molecule has 0 atom stereocenters. The molecule has 0 saturated heterocycles. The minimum Gasteiger partial charge on any atom is -0.478 e. The van der Waals surface area contributed by atoms with E-state index in [1.807, 2.05) is 6.07 Å². The van der Waals surface area contributed by atoms with Gasteiger partial charge >= 0.3 is 5.97 Å². The summed E-state index contributed by atoms with van der Waals surface area (Å²) in [5.74, 6) is -0.670. The predicted molar refractivity (Wildman–Crippen MR) is 96.4 cm³/mol. The zero-order valence-corrected chi connectivity index (χ0v) is 14.4. The number of furan rings is 1. The van der Waals surface area contributed by atoms with Crippen molar-refractivity contribution in [2.45, 2.75) is 25.9 Å². The molecule has 6 nitrogen and oxygen atoms in total. The van der Waals surface area contributed by atoms with Crippen molar-refractivity contribution in [1.82, 2.24) is 4.98 Å². The number of aromatic nitrogens is 1. The number of carbonyl (C=O) groups is 1. The van der Waals surface area contributed by atoms with Crippen molar-refractivity contribution in [2.75, 3.05) is 0 Å². The number of benzene rings is 1. The first-order chi connectivity index (χ1) is 13.2. The number of hydrogen-bond acceptors (Lipinski definition) is 5. The van der Waals surface area contributed by atoms with Crippen molar-refractivity contribution in [3.63, 3.8) is 0 Å². The fourth-order valence-electron chi connectivity index (χ4n) is 3.39. The topological polar surface area (TPSA) is 96.3 Å². The van der Waals surface area contributed by atoms with Crippen LogP contribution in [0.5, 0.6) is 5.88 Å². The van der Waals surface area contributed by atoms with E-state index in [9.17, 15) is 10.1 Å². The summed E-state index contributed by atoms with van der Waals surface area (Å²) in [6, 6.07) is 10.5. The summed E-state index contributed by atoms with van der Waals surface area (Å²) in [7, 11) is 0. The maximum absolute atomic E-state index is 10.9. The molecule has 4 rings (SSSR count). The predicted octanol–water partition coefficient (Wildman–Crippen LogP) is 3.98. The number of fused-ring (bicyclic) bond motifs is 1. The van der Waals surface area contributed by atoms with Crippen LogP contribution < -0.4 is 4.74 Å². The van der Waals surface area contributed by atoms with Gasteiger partial charge < -0.3 is 14.3 Å². The van der Waals surface area contributed by atoms with Crippen molar-refractivity contribution in [3.8, 4) is 23.1 Å². The lowest BCUT2D eigenvalue weighted by Crippen LogP contribution is -2.05. The lowest BCUT2D eigenvalue weighted by molar-refractivity contribution is 0.0697. The van der Waals surface area contributed by atoms with Gasteiger partial charge in [0.05, 0.1) is 18.1 Å². The van der Waals surface area contributed by atoms with Gasteiger partial charge in [0.1, 0.15) is 18.2 Å². The van der Waals surface area contributed by atoms with E-state index in [1.165, 1.54) is 12.1 Å². The van der Waals surface area contributed by atoms with Crippen LogP contribution in [-0.2, 0) is 19.4 Å². The van der Waals surface area contributed by atoms with Gasteiger partial charge in [-0.3, -0.25) is 0 Å². The second kappa shape index (κ2) is 6.96. The number of rotatable bonds is 5. The van der Waals surface area contributed by atoms with Crippen LogP contribution in [0.25, 0.3) is 11.1 Å². The van der Waals surface area contributed by atoms with Crippen LogP contribution in [0, 0.1) is 11.3 Å². The van der Waals surface area contributed by atoms with Crippen molar-refractivity contribution in [2.24, 2.45) is 0 Å². The summed E-state index contributed by atoms with van der Waals surface area (Å²) < 4.78 is 11.1. The van der Waals surface area contributed by atoms with Gasteiger partial charge in [-0.05, 0) is 48.6 Å². The Hall–Kier alpha value is -3.59. The molecule has 1 aliphatic carbocycles. The van der Waals surface area contributed by atoms with Gasteiger partial charge in [-0.15, -0.1) is 0 Å². The number of carboxylic acid groups (broad SMARTS) is 1. The van der Waals surface area contributed by atoms with Crippen LogP contribution in [0.15, 0.2) is 47.3 Å². The van der Waals surface area contributed by atoms with E-state index in [4.69, 9.17) is 14.3 Å². The molecule has 1 aromatic carbocycles. The molecule has 27 heavy (non-hydrogen) atoms. The highest BCUT2D eigenvalue weighted by Gasteiger charge is 2.25. The Bertz CT molecular complexity index is 1030. The maximum Gasteiger partial charge on any atom is 0.335 e. The molecule has 1 N–H and O–H groups in total. The first-order valence-corrected chi connectivity index (χ1v) is 8.61. The van der Waals surface area contributed by atoms with E-state index < -0.39 is 5.97 Å². The van der Waals surface area contributed by atoms with E-state index in [0.717, 1.165) is 47.2 Å². The number of aryl methyl sites for hydroxylation is 1. The van der Waals surface area contributed by atoms with Gasteiger partial charge in [0.15, 0.2) is 0 Å². The SMILES string of the molecule is N#Cc1c(OCc2ccc(C(=O)O)cc2)nc2c(c1-c1ccoc1)CCC2.